The van der Waals surface area contributed by atoms with Crippen molar-refractivity contribution in [2.75, 3.05) is 0 Å². The van der Waals surface area contributed by atoms with Crippen molar-refractivity contribution >= 4 is 0 Å². The van der Waals surface area contributed by atoms with Gasteiger partial charge in [-0.3, -0.25) is 0 Å². The predicted octanol–water partition coefficient (Wildman–Crippen LogP) is 2.45. The van der Waals surface area contributed by atoms with Crippen LogP contribution in [0.25, 0.3) is 0 Å². The highest BCUT2D eigenvalue weighted by Crippen LogP contribution is 2.07. The Kier molecular flexibility index (Phi) is 5.49. The summed E-state index contributed by atoms with van der Waals surface area (Å²) in [4.78, 5) is 0. The number of hydrogen-bond acceptors (Lipinski definition) is 1. The average Bonchev–Trinajstić information content (AvgIpc) is 2.05. The minimum atomic E-state index is -0.337. The van der Waals surface area contributed by atoms with Gasteiger partial charge in [-0.05, 0) is 18.9 Å². The van der Waals surface area contributed by atoms with E-state index in [4.69, 9.17) is 0 Å². The van der Waals surface area contributed by atoms with Gasteiger partial charge in [0.25, 0.3) is 0 Å². The first-order chi connectivity index (χ1) is 5.26. The van der Waals surface area contributed by atoms with Gasteiger partial charge in [0.15, 0.2) is 0 Å². The minimum absolute atomic E-state index is 0.337. The smallest absolute Gasteiger partial charge is 0.0784 e. The molecule has 0 unspecified atom stereocenters. The van der Waals surface area contributed by atoms with Gasteiger partial charge < -0.3 is 5.11 Å². The lowest BCUT2D eigenvalue weighted by Crippen LogP contribution is -2.05. The van der Waals surface area contributed by atoms with Gasteiger partial charge in [-0.1, -0.05) is 37.8 Å². The van der Waals surface area contributed by atoms with Crippen molar-refractivity contribution < 1.29 is 5.11 Å². The van der Waals surface area contributed by atoms with Gasteiger partial charge in [-0.15, -0.1) is 0 Å². The van der Waals surface area contributed by atoms with E-state index in [9.17, 15) is 5.11 Å². The van der Waals surface area contributed by atoms with Crippen LogP contribution in [0, 0.1) is 0 Å². The topological polar surface area (TPSA) is 20.2 Å². The second kappa shape index (κ2) is 5.93. The molecule has 0 aromatic rings. The van der Waals surface area contributed by atoms with Crippen LogP contribution in [0.2, 0.25) is 0 Å². The molecule has 0 heterocycles. The second-order valence-electron chi connectivity index (χ2n) is 2.31. The lowest BCUT2D eigenvalue weighted by Gasteiger charge is -2.07. The molecule has 0 saturated heterocycles. The molecule has 0 fully saturated rings. The van der Waals surface area contributed by atoms with Crippen LogP contribution in [-0.2, 0) is 0 Å². The molecule has 0 aliphatic carbocycles. The summed E-state index contributed by atoms with van der Waals surface area (Å²) in [6, 6.07) is 0. The van der Waals surface area contributed by atoms with E-state index in [1.165, 1.54) is 0 Å². The zero-order valence-corrected chi connectivity index (χ0v) is 7.25. The zero-order valence-electron chi connectivity index (χ0n) is 7.25. The van der Waals surface area contributed by atoms with Crippen LogP contribution in [0.3, 0.4) is 0 Å². The summed E-state index contributed by atoms with van der Waals surface area (Å²) in [5, 5.41) is 9.39. The average molecular weight is 152 g/mol. The molecular weight excluding hydrogens is 136 g/mol. The van der Waals surface area contributed by atoms with Crippen LogP contribution < -0.4 is 0 Å². The van der Waals surface area contributed by atoms with E-state index in [0.717, 1.165) is 12.0 Å². The fraction of sp³-hybridized carbons (Fsp3) is 0.400. The lowest BCUT2D eigenvalue weighted by molar-refractivity contribution is 0.210. The summed E-state index contributed by atoms with van der Waals surface area (Å²) in [5.74, 6) is 0. The van der Waals surface area contributed by atoms with Crippen molar-refractivity contribution in [1.29, 1.82) is 0 Å². The molecule has 1 atom stereocenters. The van der Waals surface area contributed by atoms with Gasteiger partial charge in [0.2, 0.25) is 0 Å². The minimum Gasteiger partial charge on any atom is -0.388 e. The van der Waals surface area contributed by atoms with Crippen LogP contribution in [0.5, 0.6) is 0 Å². The first-order valence-electron chi connectivity index (χ1n) is 3.89. The van der Waals surface area contributed by atoms with E-state index in [-0.39, 0.29) is 6.10 Å². The molecular formula is C10H16O. The fourth-order valence-corrected chi connectivity index (χ4v) is 0.815. The molecule has 0 spiro atoms. The summed E-state index contributed by atoms with van der Waals surface area (Å²) >= 11 is 0. The number of aliphatic hydroxyl groups excluding tert-OH is 1. The van der Waals surface area contributed by atoms with Gasteiger partial charge in [0, 0.05) is 0 Å². The third kappa shape index (κ3) is 3.79. The van der Waals surface area contributed by atoms with E-state index in [1.807, 2.05) is 32.1 Å². The van der Waals surface area contributed by atoms with E-state index in [0.29, 0.717) is 0 Å². The van der Waals surface area contributed by atoms with Crippen LogP contribution >= 0.6 is 0 Å². The summed E-state index contributed by atoms with van der Waals surface area (Å²) < 4.78 is 0. The maximum atomic E-state index is 9.39. The maximum absolute atomic E-state index is 9.39. The highest BCUT2D eigenvalue weighted by Gasteiger charge is 2.01. The van der Waals surface area contributed by atoms with E-state index in [2.05, 4.69) is 6.58 Å². The molecule has 1 nitrogen and oxygen atoms in total. The van der Waals surface area contributed by atoms with Crippen molar-refractivity contribution in [1.82, 2.24) is 0 Å². The largest absolute Gasteiger partial charge is 0.388 e. The quantitative estimate of drug-likeness (QED) is 0.613. The molecule has 0 amide bonds. The highest BCUT2D eigenvalue weighted by molar-refractivity contribution is 5.24. The molecule has 62 valence electrons. The predicted molar refractivity (Wildman–Crippen MR) is 49.4 cm³/mol. The molecule has 1 N–H and O–H groups in total. The van der Waals surface area contributed by atoms with Crippen molar-refractivity contribution in [3.05, 3.63) is 36.5 Å². The van der Waals surface area contributed by atoms with E-state index < -0.39 is 0 Å². The van der Waals surface area contributed by atoms with Gasteiger partial charge in [0.05, 0.1) is 6.10 Å². The number of rotatable bonds is 4. The van der Waals surface area contributed by atoms with Crippen molar-refractivity contribution in [3.63, 3.8) is 0 Å². The van der Waals surface area contributed by atoms with Gasteiger partial charge in [-0.25, -0.2) is 0 Å². The Labute approximate surface area is 68.7 Å². The molecule has 0 aliphatic heterocycles. The second-order valence-corrected chi connectivity index (χ2v) is 2.31. The maximum Gasteiger partial charge on any atom is 0.0784 e. The Hall–Kier alpha value is -0.820. The van der Waals surface area contributed by atoms with Crippen molar-refractivity contribution in [2.24, 2.45) is 0 Å². The first kappa shape index (κ1) is 10.2. The number of aliphatic hydroxyl groups is 1. The van der Waals surface area contributed by atoms with Crippen molar-refractivity contribution in [3.8, 4) is 0 Å². The molecule has 1 heteroatoms. The van der Waals surface area contributed by atoms with Gasteiger partial charge >= 0.3 is 0 Å². The molecule has 0 aromatic heterocycles. The zero-order chi connectivity index (χ0) is 8.69. The highest BCUT2D eigenvalue weighted by atomic mass is 16.3. The van der Waals surface area contributed by atoms with Crippen LogP contribution in [0.1, 0.15) is 20.3 Å². The summed E-state index contributed by atoms with van der Waals surface area (Å²) in [7, 11) is 0. The van der Waals surface area contributed by atoms with Crippen LogP contribution in [0.15, 0.2) is 36.5 Å². The molecule has 0 saturated carbocycles. The normalized spacial score (nSPS) is 15.4. The Bertz CT molecular complexity index is 166. The molecule has 0 bridgehead atoms. The van der Waals surface area contributed by atoms with Crippen molar-refractivity contribution in [2.45, 2.75) is 26.4 Å². The van der Waals surface area contributed by atoms with Gasteiger partial charge in [0.1, 0.15) is 0 Å². The van der Waals surface area contributed by atoms with E-state index in [1.54, 1.807) is 6.08 Å². The molecule has 0 radical (unpaired) electrons. The third-order valence-corrected chi connectivity index (χ3v) is 1.53. The standard InChI is InChI=1S/C10H16O/c1-4-7-8-9(5-2)10(11)6-3/h4-5,7-8,10-11H,1,6H2,2-3H3/b8-7-,9-5+/t10-/m0/s1. The first-order valence-corrected chi connectivity index (χ1v) is 3.89. The molecule has 0 aliphatic rings. The molecule has 11 heavy (non-hydrogen) atoms. The summed E-state index contributed by atoms with van der Waals surface area (Å²) in [6.45, 7) is 7.43. The Morgan fingerprint density at radius 2 is 2.27 bits per heavy atom. The Morgan fingerprint density at radius 3 is 2.64 bits per heavy atom. The lowest BCUT2D eigenvalue weighted by atomic mass is 10.1. The SMILES string of the molecule is C=C/C=C\C(=C/C)[C@@H](O)CC. The monoisotopic (exact) mass is 152 g/mol. The number of allylic oxidation sites excluding steroid dienone is 3. The van der Waals surface area contributed by atoms with E-state index >= 15 is 0 Å². The third-order valence-electron chi connectivity index (χ3n) is 1.53. The summed E-state index contributed by atoms with van der Waals surface area (Å²) in [5.41, 5.74) is 0.951. The molecule has 0 aromatic carbocycles. The summed E-state index contributed by atoms with van der Waals surface area (Å²) in [6.07, 6.45) is 7.73. The van der Waals surface area contributed by atoms with Gasteiger partial charge in [-0.2, -0.15) is 0 Å². The number of hydrogen-bond donors (Lipinski definition) is 1. The fourth-order valence-electron chi connectivity index (χ4n) is 0.815. The molecule has 0 rings (SSSR count). The van der Waals surface area contributed by atoms with Crippen LogP contribution in [-0.4, -0.2) is 11.2 Å². The Balaban J connectivity index is 4.18. The Morgan fingerprint density at radius 1 is 1.64 bits per heavy atom. The van der Waals surface area contributed by atoms with Crippen LogP contribution in [0.4, 0.5) is 0 Å².